The Morgan fingerprint density at radius 3 is 2.80 bits per heavy atom. The van der Waals surface area contributed by atoms with Gasteiger partial charge in [-0.25, -0.2) is 4.90 Å². The van der Waals surface area contributed by atoms with Crippen molar-refractivity contribution in [2.45, 2.75) is 32.6 Å². The van der Waals surface area contributed by atoms with Gasteiger partial charge in [0.05, 0.1) is 5.69 Å². The standard InChI is InChI=1S/C20H19NO4/c1-2-4-13-5-3-6-14-8-10-18(22)21(19(13)14)20(23)15-7-9-16-17(11-15)25-12-24-16/h3,5-7,9,11H,2,4,8,10,12H2,1H3. The Morgan fingerprint density at radius 2 is 1.96 bits per heavy atom. The molecule has 128 valence electrons. The fourth-order valence-electron chi connectivity index (χ4n) is 3.46. The SMILES string of the molecule is CCCc1cccc2c1N(C(=O)c1ccc3c(c1)OCO3)C(=O)CC2. The third-order valence-corrected chi connectivity index (χ3v) is 4.63. The van der Waals surface area contributed by atoms with Crippen LogP contribution in [-0.4, -0.2) is 18.6 Å². The summed E-state index contributed by atoms with van der Waals surface area (Å²) in [4.78, 5) is 27.1. The van der Waals surface area contributed by atoms with Gasteiger partial charge in [0.2, 0.25) is 12.7 Å². The molecule has 0 saturated carbocycles. The van der Waals surface area contributed by atoms with Gasteiger partial charge in [0, 0.05) is 12.0 Å². The molecule has 0 aliphatic carbocycles. The van der Waals surface area contributed by atoms with E-state index in [9.17, 15) is 9.59 Å². The Bertz CT molecular complexity index is 859. The van der Waals surface area contributed by atoms with E-state index in [-0.39, 0.29) is 18.6 Å². The molecule has 0 fully saturated rings. The second-order valence-corrected chi connectivity index (χ2v) is 6.28. The molecule has 2 aromatic carbocycles. The summed E-state index contributed by atoms with van der Waals surface area (Å²) in [7, 11) is 0. The third kappa shape index (κ3) is 2.65. The summed E-state index contributed by atoms with van der Waals surface area (Å²) in [6.45, 7) is 2.24. The quantitative estimate of drug-likeness (QED) is 0.805. The van der Waals surface area contributed by atoms with E-state index in [4.69, 9.17) is 9.47 Å². The molecule has 0 bridgehead atoms. The number of imide groups is 1. The number of carbonyl (C=O) groups is 2. The van der Waals surface area contributed by atoms with Crippen LogP contribution in [0.15, 0.2) is 36.4 Å². The number of amides is 2. The molecule has 5 nitrogen and oxygen atoms in total. The van der Waals surface area contributed by atoms with Crippen molar-refractivity contribution >= 4 is 17.5 Å². The van der Waals surface area contributed by atoms with Crippen LogP contribution in [0.3, 0.4) is 0 Å². The number of anilines is 1. The molecule has 0 unspecified atom stereocenters. The van der Waals surface area contributed by atoms with Gasteiger partial charge in [-0.2, -0.15) is 0 Å². The second-order valence-electron chi connectivity index (χ2n) is 6.28. The number of hydrogen-bond donors (Lipinski definition) is 0. The summed E-state index contributed by atoms with van der Waals surface area (Å²) < 4.78 is 10.7. The number of fused-ring (bicyclic) bond motifs is 2. The number of rotatable bonds is 3. The van der Waals surface area contributed by atoms with Crippen molar-refractivity contribution in [1.29, 1.82) is 0 Å². The molecule has 2 aliphatic rings. The fourth-order valence-corrected chi connectivity index (χ4v) is 3.46. The molecule has 25 heavy (non-hydrogen) atoms. The second kappa shape index (κ2) is 6.24. The van der Waals surface area contributed by atoms with Crippen molar-refractivity contribution in [2.24, 2.45) is 0 Å². The molecule has 0 saturated heterocycles. The van der Waals surface area contributed by atoms with Crippen LogP contribution in [0.2, 0.25) is 0 Å². The van der Waals surface area contributed by atoms with Crippen molar-refractivity contribution in [2.75, 3.05) is 11.7 Å². The summed E-state index contributed by atoms with van der Waals surface area (Å²) in [6, 6.07) is 11.0. The van der Waals surface area contributed by atoms with Crippen LogP contribution in [0.25, 0.3) is 0 Å². The van der Waals surface area contributed by atoms with Gasteiger partial charge in [-0.3, -0.25) is 9.59 Å². The molecule has 0 N–H and O–H groups in total. The average molecular weight is 337 g/mol. The zero-order valence-corrected chi connectivity index (χ0v) is 14.1. The Kier molecular flexibility index (Phi) is 3.92. The maximum atomic E-state index is 13.1. The number of carbonyl (C=O) groups excluding carboxylic acids is 2. The molecule has 2 heterocycles. The molecule has 0 radical (unpaired) electrons. The number of para-hydroxylation sites is 1. The number of benzene rings is 2. The average Bonchev–Trinajstić information content (AvgIpc) is 3.09. The first-order chi connectivity index (χ1) is 12.2. The van der Waals surface area contributed by atoms with Crippen molar-refractivity contribution < 1.29 is 19.1 Å². The van der Waals surface area contributed by atoms with Crippen LogP contribution in [0, 0.1) is 0 Å². The van der Waals surface area contributed by atoms with Gasteiger partial charge in [-0.1, -0.05) is 31.5 Å². The Balaban J connectivity index is 1.77. The maximum absolute atomic E-state index is 13.1. The summed E-state index contributed by atoms with van der Waals surface area (Å²) in [5.41, 5.74) is 3.29. The van der Waals surface area contributed by atoms with Gasteiger partial charge in [-0.05, 0) is 42.2 Å². The van der Waals surface area contributed by atoms with E-state index in [0.29, 0.717) is 29.9 Å². The molecule has 0 spiro atoms. The first kappa shape index (κ1) is 15.7. The summed E-state index contributed by atoms with van der Waals surface area (Å²) in [5, 5.41) is 0. The van der Waals surface area contributed by atoms with E-state index in [1.807, 2.05) is 18.2 Å². The molecule has 2 aromatic rings. The molecular formula is C20H19NO4. The van der Waals surface area contributed by atoms with E-state index in [0.717, 1.165) is 29.7 Å². The van der Waals surface area contributed by atoms with Crippen molar-refractivity contribution in [3.63, 3.8) is 0 Å². The lowest BCUT2D eigenvalue weighted by Gasteiger charge is -2.30. The maximum Gasteiger partial charge on any atom is 0.265 e. The predicted octanol–water partition coefficient (Wildman–Crippen LogP) is 3.49. The normalized spacial score (nSPS) is 15.2. The Labute approximate surface area is 146 Å². The van der Waals surface area contributed by atoms with Crippen LogP contribution < -0.4 is 14.4 Å². The predicted molar refractivity (Wildman–Crippen MR) is 93.1 cm³/mol. The van der Waals surface area contributed by atoms with Crippen LogP contribution in [0.5, 0.6) is 11.5 Å². The van der Waals surface area contributed by atoms with E-state index < -0.39 is 0 Å². The molecule has 0 aromatic heterocycles. The van der Waals surface area contributed by atoms with Gasteiger partial charge in [0.1, 0.15) is 0 Å². The van der Waals surface area contributed by atoms with E-state index in [1.165, 1.54) is 4.90 Å². The Hall–Kier alpha value is -2.82. The molecular weight excluding hydrogens is 318 g/mol. The minimum absolute atomic E-state index is 0.152. The topological polar surface area (TPSA) is 55.8 Å². The highest BCUT2D eigenvalue weighted by Crippen LogP contribution is 2.36. The van der Waals surface area contributed by atoms with Crippen molar-refractivity contribution in [1.82, 2.24) is 0 Å². The fraction of sp³-hybridized carbons (Fsp3) is 0.300. The number of ether oxygens (including phenoxy) is 2. The highest BCUT2D eigenvalue weighted by Gasteiger charge is 2.32. The lowest BCUT2D eigenvalue weighted by atomic mass is 9.94. The minimum atomic E-state index is -0.312. The van der Waals surface area contributed by atoms with Crippen LogP contribution >= 0.6 is 0 Å². The molecule has 0 atom stereocenters. The van der Waals surface area contributed by atoms with E-state index in [2.05, 4.69) is 6.92 Å². The van der Waals surface area contributed by atoms with Gasteiger partial charge in [0.25, 0.3) is 5.91 Å². The van der Waals surface area contributed by atoms with Crippen LogP contribution in [0.4, 0.5) is 5.69 Å². The number of aryl methyl sites for hydroxylation is 2. The zero-order chi connectivity index (χ0) is 17.4. The highest BCUT2D eigenvalue weighted by molar-refractivity contribution is 6.22. The molecule has 5 heteroatoms. The number of nitrogens with zero attached hydrogens (tertiary/aromatic N) is 1. The largest absolute Gasteiger partial charge is 0.454 e. The summed E-state index contributed by atoms with van der Waals surface area (Å²) in [6.07, 6.45) is 2.81. The molecule has 4 rings (SSSR count). The van der Waals surface area contributed by atoms with Crippen LogP contribution in [0.1, 0.15) is 41.3 Å². The van der Waals surface area contributed by atoms with E-state index >= 15 is 0 Å². The Morgan fingerprint density at radius 1 is 1.12 bits per heavy atom. The van der Waals surface area contributed by atoms with Crippen molar-refractivity contribution in [3.05, 3.63) is 53.1 Å². The smallest absolute Gasteiger partial charge is 0.265 e. The first-order valence-corrected chi connectivity index (χ1v) is 8.56. The van der Waals surface area contributed by atoms with Gasteiger partial charge in [-0.15, -0.1) is 0 Å². The first-order valence-electron chi connectivity index (χ1n) is 8.56. The minimum Gasteiger partial charge on any atom is -0.454 e. The third-order valence-electron chi connectivity index (χ3n) is 4.63. The van der Waals surface area contributed by atoms with Crippen molar-refractivity contribution in [3.8, 4) is 11.5 Å². The lowest BCUT2D eigenvalue weighted by Crippen LogP contribution is -2.41. The zero-order valence-electron chi connectivity index (χ0n) is 14.1. The number of hydrogen-bond acceptors (Lipinski definition) is 4. The summed E-state index contributed by atoms with van der Waals surface area (Å²) in [5.74, 6) is 0.692. The monoisotopic (exact) mass is 337 g/mol. The highest BCUT2D eigenvalue weighted by atomic mass is 16.7. The van der Waals surface area contributed by atoms with Crippen LogP contribution in [-0.2, 0) is 17.6 Å². The molecule has 2 amide bonds. The summed E-state index contributed by atoms with van der Waals surface area (Å²) >= 11 is 0. The lowest BCUT2D eigenvalue weighted by molar-refractivity contribution is -0.118. The molecule has 2 aliphatic heterocycles. The van der Waals surface area contributed by atoms with E-state index in [1.54, 1.807) is 18.2 Å². The van der Waals surface area contributed by atoms with Gasteiger partial charge < -0.3 is 9.47 Å². The van der Waals surface area contributed by atoms with Gasteiger partial charge >= 0.3 is 0 Å². The van der Waals surface area contributed by atoms with Gasteiger partial charge in [0.15, 0.2) is 11.5 Å².